The van der Waals surface area contributed by atoms with E-state index >= 15 is 0 Å². The molecule has 3 rings (SSSR count). The Bertz CT molecular complexity index is 741. The SMILES string of the molecule is COCC1CN(c2cncc3ccc(C(N)=O)cc23)CCC1OC.Cl. The number of nitrogens with zero attached hydrogens (tertiary/aromatic N) is 2. The highest BCUT2D eigenvalue weighted by molar-refractivity contribution is 6.01. The molecule has 1 fully saturated rings. The summed E-state index contributed by atoms with van der Waals surface area (Å²) in [6.45, 7) is 2.36. The van der Waals surface area contributed by atoms with Crippen LogP contribution in [0.15, 0.2) is 30.6 Å². The normalized spacial score (nSPS) is 20.3. The van der Waals surface area contributed by atoms with Gasteiger partial charge in [-0.15, -0.1) is 12.4 Å². The molecule has 7 heteroatoms. The van der Waals surface area contributed by atoms with Crippen LogP contribution in [0.1, 0.15) is 16.8 Å². The average molecular weight is 366 g/mol. The van der Waals surface area contributed by atoms with E-state index in [9.17, 15) is 4.79 Å². The molecule has 1 aromatic carbocycles. The minimum atomic E-state index is -0.421. The van der Waals surface area contributed by atoms with Gasteiger partial charge in [0.15, 0.2) is 0 Å². The monoisotopic (exact) mass is 365 g/mol. The number of methoxy groups -OCH3 is 2. The van der Waals surface area contributed by atoms with Gasteiger partial charge in [0.2, 0.25) is 5.91 Å². The van der Waals surface area contributed by atoms with E-state index in [-0.39, 0.29) is 18.5 Å². The number of piperidine rings is 1. The number of amides is 1. The highest BCUT2D eigenvalue weighted by Crippen LogP contribution is 2.31. The lowest BCUT2D eigenvalue weighted by molar-refractivity contribution is 0.00347. The second kappa shape index (κ2) is 8.47. The molecule has 0 radical (unpaired) electrons. The van der Waals surface area contributed by atoms with E-state index in [4.69, 9.17) is 15.2 Å². The van der Waals surface area contributed by atoms with Crippen LogP contribution in [0, 0.1) is 5.92 Å². The van der Waals surface area contributed by atoms with E-state index in [1.54, 1.807) is 26.5 Å². The number of halogens is 1. The summed E-state index contributed by atoms with van der Waals surface area (Å²) in [4.78, 5) is 18.2. The van der Waals surface area contributed by atoms with Crippen molar-refractivity contribution < 1.29 is 14.3 Å². The van der Waals surface area contributed by atoms with Crippen LogP contribution in [0.3, 0.4) is 0 Å². The molecule has 1 saturated heterocycles. The Kier molecular flexibility index (Phi) is 6.58. The summed E-state index contributed by atoms with van der Waals surface area (Å²) in [5, 5.41) is 1.99. The minimum absolute atomic E-state index is 0. The number of carbonyl (C=O) groups is 1. The van der Waals surface area contributed by atoms with Crippen molar-refractivity contribution in [1.82, 2.24) is 4.98 Å². The molecule has 6 nitrogen and oxygen atoms in total. The van der Waals surface area contributed by atoms with Gasteiger partial charge in [-0.25, -0.2) is 0 Å². The number of nitrogens with two attached hydrogens (primary N) is 1. The van der Waals surface area contributed by atoms with Gasteiger partial charge >= 0.3 is 0 Å². The summed E-state index contributed by atoms with van der Waals surface area (Å²) in [6.07, 6.45) is 4.78. The number of anilines is 1. The van der Waals surface area contributed by atoms with Crippen molar-refractivity contribution in [3.05, 3.63) is 36.2 Å². The first-order valence-electron chi connectivity index (χ1n) is 8.08. The van der Waals surface area contributed by atoms with Gasteiger partial charge in [0.1, 0.15) is 0 Å². The van der Waals surface area contributed by atoms with Gasteiger partial charge in [-0.1, -0.05) is 6.07 Å². The number of benzene rings is 1. The Balaban J connectivity index is 0.00000225. The Morgan fingerprint density at radius 3 is 2.84 bits per heavy atom. The Hall–Kier alpha value is -1.89. The zero-order valence-corrected chi connectivity index (χ0v) is 15.3. The zero-order valence-electron chi connectivity index (χ0n) is 14.5. The summed E-state index contributed by atoms with van der Waals surface area (Å²) >= 11 is 0. The van der Waals surface area contributed by atoms with Gasteiger partial charge in [0.05, 0.1) is 24.6 Å². The van der Waals surface area contributed by atoms with Crippen LogP contribution in [-0.2, 0) is 9.47 Å². The largest absolute Gasteiger partial charge is 0.384 e. The molecule has 136 valence electrons. The number of rotatable bonds is 5. The zero-order chi connectivity index (χ0) is 17.1. The Morgan fingerprint density at radius 1 is 1.36 bits per heavy atom. The number of primary amides is 1. The molecule has 0 bridgehead atoms. The molecule has 2 unspecified atom stereocenters. The highest BCUT2D eigenvalue weighted by atomic mass is 35.5. The smallest absolute Gasteiger partial charge is 0.248 e. The minimum Gasteiger partial charge on any atom is -0.384 e. The fraction of sp³-hybridized carbons (Fsp3) is 0.444. The van der Waals surface area contributed by atoms with Crippen molar-refractivity contribution in [3.63, 3.8) is 0 Å². The van der Waals surface area contributed by atoms with Gasteiger partial charge in [-0.3, -0.25) is 9.78 Å². The second-order valence-electron chi connectivity index (χ2n) is 6.18. The van der Waals surface area contributed by atoms with Crippen LogP contribution in [0.5, 0.6) is 0 Å². The number of carbonyl (C=O) groups excluding carboxylic acids is 1. The summed E-state index contributed by atoms with van der Waals surface area (Å²) in [5.74, 6) is -0.127. The molecule has 0 aliphatic carbocycles. The maximum Gasteiger partial charge on any atom is 0.248 e. The number of hydrogen-bond acceptors (Lipinski definition) is 5. The number of pyridine rings is 1. The van der Waals surface area contributed by atoms with Gasteiger partial charge in [0, 0.05) is 55.8 Å². The molecular formula is C18H24ClN3O3. The van der Waals surface area contributed by atoms with Crippen LogP contribution in [0.25, 0.3) is 10.8 Å². The predicted octanol–water partition coefficient (Wildman–Crippen LogP) is 2.24. The molecule has 1 aliphatic heterocycles. The van der Waals surface area contributed by atoms with Crippen LogP contribution in [-0.4, -0.2) is 50.9 Å². The summed E-state index contributed by atoms with van der Waals surface area (Å²) in [5.41, 5.74) is 6.96. The second-order valence-corrected chi connectivity index (χ2v) is 6.18. The van der Waals surface area contributed by atoms with Crippen molar-refractivity contribution in [2.75, 3.05) is 38.8 Å². The number of fused-ring (bicyclic) bond motifs is 1. The van der Waals surface area contributed by atoms with Crippen molar-refractivity contribution >= 4 is 34.8 Å². The Morgan fingerprint density at radius 2 is 2.16 bits per heavy atom. The molecule has 2 aromatic rings. The van der Waals surface area contributed by atoms with Crippen LogP contribution in [0.4, 0.5) is 5.69 Å². The van der Waals surface area contributed by atoms with Gasteiger partial charge < -0.3 is 20.1 Å². The van der Waals surface area contributed by atoms with E-state index in [1.807, 2.05) is 18.3 Å². The molecule has 1 aliphatic rings. The van der Waals surface area contributed by atoms with Crippen molar-refractivity contribution in [2.24, 2.45) is 11.7 Å². The topological polar surface area (TPSA) is 77.7 Å². The maximum absolute atomic E-state index is 11.5. The first-order chi connectivity index (χ1) is 11.6. The van der Waals surface area contributed by atoms with Crippen molar-refractivity contribution in [3.8, 4) is 0 Å². The van der Waals surface area contributed by atoms with E-state index in [1.165, 1.54) is 0 Å². The summed E-state index contributed by atoms with van der Waals surface area (Å²) in [7, 11) is 3.46. The predicted molar refractivity (Wildman–Crippen MR) is 101 cm³/mol. The first-order valence-corrected chi connectivity index (χ1v) is 8.08. The molecule has 0 spiro atoms. The lowest BCUT2D eigenvalue weighted by Gasteiger charge is -2.39. The third-order valence-corrected chi connectivity index (χ3v) is 4.71. The van der Waals surface area contributed by atoms with E-state index in [2.05, 4.69) is 9.88 Å². The standard InChI is InChI=1S/C18H23N3O3.ClH/c1-23-11-14-10-21(6-5-17(14)24-2)16-9-20-8-13-4-3-12(18(19)22)7-15(13)16;/h3-4,7-9,14,17H,5-6,10-11H2,1-2H3,(H2,19,22);1H. The fourth-order valence-electron chi connectivity index (χ4n) is 3.47. The molecule has 1 aromatic heterocycles. The van der Waals surface area contributed by atoms with Crippen molar-refractivity contribution in [1.29, 1.82) is 0 Å². The van der Waals surface area contributed by atoms with E-state index in [0.29, 0.717) is 18.1 Å². The third-order valence-electron chi connectivity index (χ3n) is 4.71. The number of aromatic nitrogens is 1. The summed E-state index contributed by atoms with van der Waals surface area (Å²) < 4.78 is 10.9. The Labute approximate surface area is 153 Å². The van der Waals surface area contributed by atoms with E-state index < -0.39 is 5.91 Å². The van der Waals surface area contributed by atoms with Gasteiger partial charge in [-0.2, -0.15) is 0 Å². The van der Waals surface area contributed by atoms with Gasteiger partial charge in [0.25, 0.3) is 0 Å². The highest BCUT2D eigenvalue weighted by Gasteiger charge is 2.30. The van der Waals surface area contributed by atoms with Crippen LogP contribution in [0.2, 0.25) is 0 Å². The third kappa shape index (κ3) is 4.03. The quantitative estimate of drug-likeness (QED) is 0.879. The molecule has 0 saturated carbocycles. The average Bonchev–Trinajstić information content (AvgIpc) is 2.61. The number of ether oxygens (including phenoxy) is 2. The molecule has 2 N–H and O–H groups in total. The fourth-order valence-corrected chi connectivity index (χ4v) is 3.47. The van der Waals surface area contributed by atoms with Gasteiger partial charge in [-0.05, 0) is 18.6 Å². The van der Waals surface area contributed by atoms with E-state index in [0.717, 1.165) is 36.0 Å². The first kappa shape index (κ1) is 19.4. The van der Waals surface area contributed by atoms with Crippen molar-refractivity contribution in [2.45, 2.75) is 12.5 Å². The molecule has 25 heavy (non-hydrogen) atoms. The van der Waals surface area contributed by atoms with Crippen LogP contribution < -0.4 is 10.6 Å². The lowest BCUT2D eigenvalue weighted by atomic mass is 9.94. The molecular weight excluding hydrogens is 342 g/mol. The number of hydrogen-bond donors (Lipinski definition) is 1. The maximum atomic E-state index is 11.5. The molecule has 1 amide bonds. The van der Waals surface area contributed by atoms with Crippen LogP contribution >= 0.6 is 12.4 Å². The molecule has 2 atom stereocenters. The summed E-state index contributed by atoms with van der Waals surface area (Å²) in [6, 6.07) is 5.48. The lowest BCUT2D eigenvalue weighted by Crippen LogP contribution is -2.45. The molecule has 2 heterocycles.